The van der Waals surface area contributed by atoms with E-state index in [9.17, 15) is 14.0 Å². The second-order valence-electron chi connectivity index (χ2n) is 5.67. The molecule has 6 heteroatoms. The lowest BCUT2D eigenvalue weighted by molar-refractivity contribution is -0.145. The van der Waals surface area contributed by atoms with Crippen LogP contribution >= 0.6 is 15.9 Å². The molecule has 1 atom stereocenters. The van der Waals surface area contributed by atoms with Crippen LogP contribution in [-0.4, -0.2) is 19.0 Å². The van der Waals surface area contributed by atoms with Crippen molar-refractivity contribution in [1.82, 2.24) is 0 Å². The monoisotopic (exact) mass is 405 g/mol. The van der Waals surface area contributed by atoms with Crippen LogP contribution in [0.2, 0.25) is 0 Å². The Kier molecular flexibility index (Phi) is 5.58. The average molecular weight is 406 g/mol. The van der Waals surface area contributed by atoms with Crippen molar-refractivity contribution in [2.75, 3.05) is 7.11 Å². The Hall–Kier alpha value is -2.27. The van der Waals surface area contributed by atoms with Gasteiger partial charge in [0.2, 0.25) is 0 Å². The molecule has 2 rings (SSSR count). The van der Waals surface area contributed by atoms with Crippen molar-refractivity contribution in [3.63, 3.8) is 0 Å². The van der Waals surface area contributed by atoms with Crippen LogP contribution < -0.4 is 5.73 Å². The molecule has 0 aromatic heterocycles. The van der Waals surface area contributed by atoms with Crippen LogP contribution in [0.15, 0.2) is 40.9 Å². The maximum atomic E-state index is 13.6. The number of methoxy groups -OCH3 is 1. The van der Waals surface area contributed by atoms with E-state index in [1.54, 1.807) is 31.9 Å². The molecule has 4 nitrogen and oxygen atoms in total. The molecule has 2 N–H and O–H groups in total. The zero-order valence-corrected chi connectivity index (χ0v) is 15.6. The number of ether oxygens (including phenoxy) is 1. The van der Waals surface area contributed by atoms with E-state index < -0.39 is 17.3 Å². The van der Waals surface area contributed by atoms with Crippen LogP contribution in [0.5, 0.6) is 0 Å². The van der Waals surface area contributed by atoms with Crippen LogP contribution in [0.4, 0.5) is 4.39 Å². The summed E-state index contributed by atoms with van der Waals surface area (Å²) in [5.41, 5.74) is 6.65. The van der Waals surface area contributed by atoms with Crippen LogP contribution in [0, 0.1) is 19.7 Å². The summed E-state index contributed by atoms with van der Waals surface area (Å²) in [5, 5.41) is 0. The first-order chi connectivity index (χ1) is 11.8. The molecule has 0 saturated heterocycles. The zero-order valence-electron chi connectivity index (χ0n) is 14.0. The topological polar surface area (TPSA) is 69.4 Å². The molecule has 25 heavy (non-hydrogen) atoms. The number of carbonyl (C=O) groups excluding carboxylic acids is 2. The number of nitrogens with two attached hydrogens (primary N) is 1. The number of rotatable bonds is 4. The van der Waals surface area contributed by atoms with Gasteiger partial charge in [0.05, 0.1) is 17.2 Å². The summed E-state index contributed by atoms with van der Waals surface area (Å²) in [6.07, 6.45) is 0. The Morgan fingerprint density at radius 2 is 1.84 bits per heavy atom. The van der Waals surface area contributed by atoms with Gasteiger partial charge >= 0.3 is 5.97 Å². The van der Waals surface area contributed by atoms with Crippen LogP contribution in [0.3, 0.4) is 0 Å². The van der Waals surface area contributed by atoms with E-state index in [1.165, 1.54) is 25.3 Å². The van der Waals surface area contributed by atoms with Gasteiger partial charge in [0.25, 0.3) is 0 Å². The molecule has 0 amide bonds. The largest absolute Gasteiger partial charge is 0.467 e. The average Bonchev–Trinajstić information content (AvgIpc) is 2.57. The first-order valence-electron chi connectivity index (χ1n) is 7.42. The van der Waals surface area contributed by atoms with Crippen molar-refractivity contribution >= 4 is 33.4 Å². The maximum absolute atomic E-state index is 13.6. The lowest BCUT2D eigenvalue weighted by Gasteiger charge is -2.31. The lowest BCUT2D eigenvalue weighted by Crippen LogP contribution is -2.48. The summed E-state index contributed by atoms with van der Waals surface area (Å²) in [6.45, 7) is 3.58. The minimum Gasteiger partial charge on any atom is -0.467 e. The molecule has 1 unspecified atom stereocenters. The van der Waals surface area contributed by atoms with Crippen LogP contribution in [0.1, 0.15) is 22.3 Å². The normalized spacial score (nSPS) is 12.9. The molecule has 0 radical (unpaired) electrons. The van der Waals surface area contributed by atoms with Gasteiger partial charge in [0.1, 0.15) is 11.8 Å². The van der Waals surface area contributed by atoms with Gasteiger partial charge in [0, 0.05) is 0 Å². The molecular weight excluding hydrogens is 389 g/mol. The zero-order chi connectivity index (χ0) is 18.8. The molecular formula is C19H17BrFNO3. The molecule has 0 spiro atoms. The fraction of sp³-hybridized carbons (Fsp3) is 0.211. The summed E-state index contributed by atoms with van der Waals surface area (Å²) >= 11 is 3.07. The molecule has 0 aliphatic heterocycles. The van der Waals surface area contributed by atoms with Crippen LogP contribution in [0.25, 0.3) is 5.57 Å². The number of benzene rings is 2. The standard InChI is InChI=1S/C19H17BrFNO3/c1-11-5-4-6-12(2)17(11)19(22,18(24)25-3)14(10-23)13-7-8-16(21)15(20)9-13/h4-9H,22H2,1-3H3. The van der Waals surface area contributed by atoms with Gasteiger partial charge in [-0.3, -0.25) is 0 Å². The lowest BCUT2D eigenvalue weighted by atomic mass is 9.77. The Morgan fingerprint density at radius 3 is 2.32 bits per heavy atom. The Labute approximate surface area is 153 Å². The van der Waals surface area contributed by atoms with Crippen molar-refractivity contribution < 1.29 is 18.7 Å². The minimum atomic E-state index is -1.87. The van der Waals surface area contributed by atoms with Gasteiger partial charge in [-0.15, -0.1) is 0 Å². The van der Waals surface area contributed by atoms with Crippen molar-refractivity contribution in [2.45, 2.75) is 19.4 Å². The first kappa shape index (κ1) is 19.1. The van der Waals surface area contributed by atoms with Crippen molar-refractivity contribution in [3.05, 3.63) is 68.9 Å². The third kappa shape index (κ3) is 3.29. The van der Waals surface area contributed by atoms with Gasteiger partial charge in [-0.2, -0.15) is 0 Å². The summed E-state index contributed by atoms with van der Waals surface area (Å²) in [5.74, 6) is 0.471. The highest BCUT2D eigenvalue weighted by Gasteiger charge is 2.45. The van der Waals surface area contributed by atoms with Gasteiger partial charge in [-0.05, 0) is 64.2 Å². The van der Waals surface area contributed by atoms with E-state index in [2.05, 4.69) is 15.9 Å². The van der Waals surface area contributed by atoms with Gasteiger partial charge in [-0.25, -0.2) is 14.0 Å². The number of esters is 1. The van der Waals surface area contributed by atoms with Crippen molar-refractivity contribution in [2.24, 2.45) is 5.73 Å². The molecule has 0 aliphatic rings. The SMILES string of the molecule is COC(=O)C(N)(C(=C=O)c1ccc(F)c(Br)c1)c1c(C)cccc1C. The first-order valence-corrected chi connectivity index (χ1v) is 8.21. The summed E-state index contributed by atoms with van der Waals surface area (Å²) in [4.78, 5) is 24.4. The second-order valence-corrected chi connectivity index (χ2v) is 6.53. The molecule has 2 aromatic rings. The predicted molar refractivity (Wildman–Crippen MR) is 97.0 cm³/mol. The number of hydrogen-bond donors (Lipinski definition) is 1. The number of aryl methyl sites for hydroxylation is 2. The number of hydrogen-bond acceptors (Lipinski definition) is 4. The van der Waals surface area contributed by atoms with Gasteiger partial charge < -0.3 is 10.5 Å². The van der Waals surface area contributed by atoms with Crippen molar-refractivity contribution in [3.8, 4) is 0 Å². The van der Waals surface area contributed by atoms with E-state index in [-0.39, 0.29) is 15.6 Å². The molecule has 0 aliphatic carbocycles. The quantitative estimate of drug-likeness (QED) is 0.624. The van der Waals surface area contributed by atoms with E-state index >= 15 is 0 Å². The Balaban J connectivity index is 2.82. The molecule has 2 aromatic carbocycles. The fourth-order valence-electron chi connectivity index (χ4n) is 2.95. The highest BCUT2D eigenvalue weighted by molar-refractivity contribution is 9.10. The second kappa shape index (κ2) is 7.31. The van der Waals surface area contributed by atoms with Gasteiger partial charge in [-0.1, -0.05) is 24.3 Å². The van der Waals surface area contributed by atoms with E-state index in [1.807, 2.05) is 6.07 Å². The third-order valence-electron chi connectivity index (χ3n) is 4.09. The van der Waals surface area contributed by atoms with Crippen molar-refractivity contribution in [1.29, 1.82) is 0 Å². The Morgan fingerprint density at radius 1 is 1.24 bits per heavy atom. The summed E-state index contributed by atoms with van der Waals surface area (Å²) in [6, 6.07) is 9.34. The summed E-state index contributed by atoms with van der Waals surface area (Å²) in [7, 11) is 1.19. The number of halogens is 2. The summed E-state index contributed by atoms with van der Waals surface area (Å²) < 4.78 is 18.6. The number of carbonyl (C=O) groups is 1. The smallest absolute Gasteiger partial charge is 0.336 e. The van der Waals surface area contributed by atoms with E-state index in [0.717, 1.165) is 11.1 Å². The molecule has 0 saturated carbocycles. The highest BCUT2D eigenvalue weighted by atomic mass is 79.9. The van der Waals surface area contributed by atoms with Crippen LogP contribution in [-0.2, 0) is 19.9 Å². The molecule has 130 valence electrons. The molecule has 0 heterocycles. The maximum Gasteiger partial charge on any atom is 0.336 e. The fourth-order valence-corrected chi connectivity index (χ4v) is 3.32. The predicted octanol–water partition coefficient (Wildman–Crippen LogP) is 3.45. The van der Waals surface area contributed by atoms with E-state index in [0.29, 0.717) is 5.56 Å². The minimum absolute atomic E-state index is 0.127. The Bertz CT molecular complexity index is 870. The highest BCUT2D eigenvalue weighted by Crippen LogP contribution is 2.38. The van der Waals surface area contributed by atoms with E-state index in [4.69, 9.17) is 10.5 Å². The molecule has 0 fully saturated rings. The molecule has 0 bridgehead atoms. The third-order valence-corrected chi connectivity index (χ3v) is 4.70. The van der Waals surface area contributed by atoms with Gasteiger partial charge in [0.15, 0.2) is 5.54 Å².